The van der Waals surface area contributed by atoms with Crippen molar-refractivity contribution >= 4 is 11.9 Å². The van der Waals surface area contributed by atoms with Gasteiger partial charge in [-0.25, -0.2) is 0 Å². The molecule has 6 nitrogen and oxygen atoms in total. The fraction of sp³-hybridized carbons (Fsp3) is 0.839. The van der Waals surface area contributed by atoms with Gasteiger partial charge in [0.1, 0.15) is 0 Å². The highest BCUT2D eigenvalue weighted by Crippen LogP contribution is 2.16. The number of carbonyl (C=O) groups is 2. The number of rotatable bonds is 55. The fourth-order valence-corrected chi connectivity index (χ4v) is 9.00. The number of allylic oxidation sites excluding steroid dienone is 6. The topological polar surface area (TPSA) is 95.9 Å². The average molecular weight is 955 g/mol. The molecule has 6 heteroatoms. The second kappa shape index (κ2) is 57.4. The lowest BCUT2D eigenvalue weighted by atomic mass is 10.0. The number of esters is 1. The van der Waals surface area contributed by atoms with Gasteiger partial charge in [-0.05, 0) is 77.0 Å². The molecule has 1 amide bonds. The zero-order valence-electron chi connectivity index (χ0n) is 45.3. The van der Waals surface area contributed by atoms with Crippen molar-refractivity contribution in [3.05, 3.63) is 48.6 Å². The minimum atomic E-state index is -0.847. The normalized spacial score (nSPS) is 12.9. The van der Waals surface area contributed by atoms with E-state index in [9.17, 15) is 19.8 Å². The lowest BCUT2D eigenvalue weighted by Crippen LogP contribution is -2.45. The Bertz CT molecular complexity index is 1150. The molecule has 0 fully saturated rings. The summed E-state index contributed by atoms with van der Waals surface area (Å²) < 4.78 is 5.43. The van der Waals surface area contributed by atoms with Crippen LogP contribution in [0.25, 0.3) is 0 Å². The molecule has 0 radical (unpaired) electrons. The Morgan fingerprint density at radius 3 is 1.13 bits per heavy atom. The van der Waals surface area contributed by atoms with E-state index in [1.165, 1.54) is 231 Å². The van der Waals surface area contributed by atoms with Gasteiger partial charge in [0.15, 0.2) is 0 Å². The lowest BCUT2D eigenvalue weighted by Gasteiger charge is -2.20. The summed E-state index contributed by atoms with van der Waals surface area (Å²) in [6, 6.07) is -0.631. The van der Waals surface area contributed by atoms with Crippen molar-refractivity contribution in [3.8, 4) is 0 Å². The molecule has 0 aliphatic carbocycles. The first-order valence-corrected chi connectivity index (χ1v) is 29.9. The van der Waals surface area contributed by atoms with Crippen LogP contribution in [0.5, 0.6) is 0 Å². The van der Waals surface area contributed by atoms with E-state index >= 15 is 0 Å². The summed E-state index contributed by atoms with van der Waals surface area (Å²) in [5.41, 5.74) is 0. The van der Waals surface area contributed by atoms with E-state index in [-0.39, 0.29) is 18.5 Å². The quantitative estimate of drug-likeness (QED) is 0.0321. The molecule has 0 rings (SSSR count). The van der Waals surface area contributed by atoms with Crippen molar-refractivity contribution in [1.29, 1.82) is 0 Å². The predicted molar refractivity (Wildman–Crippen MR) is 296 cm³/mol. The monoisotopic (exact) mass is 954 g/mol. The van der Waals surface area contributed by atoms with Crippen LogP contribution in [-0.2, 0) is 14.3 Å². The van der Waals surface area contributed by atoms with Crippen LogP contribution in [-0.4, -0.2) is 47.4 Å². The summed E-state index contributed by atoms with van der Waals surface area (Å²) in [5, 5.41) is 23.0. The minimum Gasteiger partial charge on any atom is -0.465 e. The highest BCUT2D eigenvalue weighted by molar-refractivity contribution is 5.76. The zero-order valence-corrected chi connectivity index (χ0v) is 45.3. The van der Waals surface area contributed by atoms with Gasteiger partial charge in [-0.3, -0.25) is 9.59 Å². The number of hydrogen-bond acceptors (Lipinski definition) is 5. The average Bonchev–Trinajstić information content (AvgIpc) is 3.34. The number of aliphatic hydroxyl groups excluding tert-OH is 2. The molecular formula is C62H115NO5. The molecule has 0 aromatic rings. The van der Waals surface area contributed by atoms with E-state index in [1.807, 2.05) is 6.08 Å². The summed E-state index contributed by atoms with van der Waals surface area (Å²) in [6.07, 6.45) is 73.1. The Labute approximate surface area is 423 Å². The third-order valence-electron chi connectivity index (χ3n) is 13.6. The van der Waals surface area contributed by atoms with Crippen LogP contribution in [0, 0.1) is 0 Å². The van der Waals surface area contributed by atoms with Gasteiger partial charge in [0.2, 0.25) is 5.91 Å². The number of amides is 1. The van der Waals surface area contributed by atoms with E-state index in [4.69, 9.17) is 4.74 Å². The number of ether oxygens (including phenoxy) is 1. The maximum absolute atomic E-state index is 12.4. The Balaban J connectivity index is 3.45. The molecule has 0 aliphatic rings. The summed E-state index contributed by atoms with van der Waals surface area (Å²) in [7, 11) is 0. The lowest BCUT2D eigenvalue weighted by molar-refractivity contribution is -0.143. The number of unbranched alkanes of at least 4 members (excludes halogenated alkanes) is 38. The summed E-state index contributed by atoms with van der Waals surface area (Å²) in [5.74, 6) is -0.111. The van der Waals surface area contributed by atoms with E-state index in [1.54, 1.807) is 6.08 Å². The molecule has 0 aliphatic heterocycles. The van der Waals surface area contributed by atoms with Gasteiger partial charge in [-0.2, -0.15) is 0 Å². The Kier molecular flexibility index (Phi) is 55.6. The van der Waals surface area contributed by atoms with Gasteiger partial charge >= 0.3 is 5.97 Å². The molecule has 0 bridgehead atoms. The third kappa shape index (κ3) is 53.2. The van der Waals surface area contributed by atoms with E-state index in [0.717, 1.165) is 51.4 Å². The molecule has 68 heavy (non-hydrogen) atoms. The van der Waals surface area contributed by atoms with Gasteiger partial charge in [0.25, 0.3) is 0 Å². The van der Waals surface area contributed by atoms with Crippen molar-refractivity contribution in [1.82, 2.24) is 5.32 Å². The van der Waals surface area contributed by atoms with Crippen LogP contribution in [0.15, 0.2) is 48.6 Å². The van der Waals surface area contributed by atoms with Crippen LogP contribution >= 0.6 is 0 Å². The van der Waals surface area contributed by atoms with Crippen molar-refractivity contribution in [2.24, 2.45) is 0 Å². The first-order chi connectivity index (χ1) is 33.5. The molecule has 0 saturated heterocycles. The molecule has 0 aromatic carbocycles. The highest BCUT2D eigenvalue weighted by atomic mass is 16.5. The maximum Gasteiger partial charge on any atom is 0.305 e. The van der Waals surface area contributed by atoms with Crippen molar-refractivity contribution < 1.29 is 24.5 Å². The minimum absolute atomic E-state index is 0.0367. The summed E-state index contributed by atoms with van der Waals surface area (Å²) >= 11 is 0. The molecule has 398 valence electrons. The second-order valence-corrected chi connectivity index (χ2v) is 20.3. The number of nitrogens with one attached hydrogen (secondary N) is 1. The standard InChI is InChI=1S/C62H115NO5/c1-3-5-7-9-11-13-15-16-17-18-22-26-29-32-36-40-44-48-52-56-62(67)68-57-53-49-45-41-37-33-30-27-24-21-19-20-23-25-28-31-35-39-43-47-51-55-61(66)63-59(58-64)60(65)54-50-46-42-38-34-14-12-10-8-6-4-2/h16-17,33,37,45,49-50,54,59-60,64-65H,3-15,18-32,34-36,38-44,46-48,51-53,55-58H2,1-2H3,(H,63,66)/b17-16-,37-33-,49-45-,54-50+. The Hall–Kier alpha value is -2.18. The molecular weight excluding hydrogens is 839 g/mol. The SMILES string of the molecule is CCCCCCCC/C=C\CCCCCCCCCCCC(=O)OCC/C=C\C/C=C\CCCCCCCCCCCCCCCCC(=O)NC(CO)C(O)/C=C/CCCCCCCCCCC. The molecule has 0 aromatic heterocycles. The van der Waals surface area contributed by atoms with Gasteiger partial charge in [0, 0.05) is 12.8 Å². The third-order valence-corrected chi connectivity index (χ3v) is 13.6. The Morgan fingerprint density at radius 1 is 0.412 bits per heavy atom. The van der Waals surface area contributed by atoms with Crippen LogP contribution in [0.2, 0.25) is 0 Å². The van der Waals surface area contributed by atoms with E-state index in [0.29, 0.717) is 19.4 Å². The molecule has 0 heterocycles. The summed E-state index contributed by atoms with van der Waals surface area (Å²) in [4.78, 5) is 24.5. The maximum atomic E-state index is 12.4. The van der Waals surface area contributed by atoms with Crippen molar-refractivity contribution in [2.75, 3.05) is 13.2 Å². The van der Waals surface area contributed by atoms with Gasteiger partial charge in [-0.1, -0.05) is 268 Å². The summed E-state index contributed by atoms with van der Waals surface area (Å²) in [6.45, 7) is 4.78. The predicted octanol–water partition coefficient (Wildman–Crippen LogP) is 18.6. The zero-order chi connectivity index (χ0) is 49.3. The highest BCUT2D eigenvalue weighted by Gasteiger charge is 2.18. The number of hydrogen-bond donors (Lipinski definition) is 3. The van der Waals surface area contributed by atoms with E-state index in [2.05, 4.69) is 55.6 Å². The van der Waals surface area contributed by atoms with Gasteiger partial charge < -0.3 is 20.3 Å². The fourth-order valence-electron chi connectivity index (χ4n) is 9.00. The first-order valence-electron chi connectivity index (χ1n) is 29.9. The van der Waals surface area contributed by atoms with Gasteiger partial charge in [-0.15, -0.1) is 0 Å². The number of aliphatic hydroxyl groups is 2. The molecule has 0 saturated carbocycles. The van der Waals surface area contributed by atoms with Crippen LogP contribution in [0.1, 0.15) is 309 Å². The largest absolute Gasteiger partial charge is 0.465 e. The Morgan fingerprint density at radius 2 is 0.735 bits per heavy atom. The van der Waals surface area contributed by atoms with Crippen molar-refractivity contribution in [2.45, 2.75) is 321 Å². The van der Waals surface area contributed by atoms with Crippen LogP contribution < -0.4 is 5.32 Å². The smallest absolute Gasteiger partial charge is 0.305 e. The molecule has 3 N–H and O–H groups in total. The molecule has 2 atom stereocenters. The first kappa shape index (κ1) is 65.8. The molecule has 0 spiro atoms. The molecule has 2 unspecified atom stereocenters. The van der Waals surface area contributed by atoms with Gasteiger partial charge in [0.05, 0.1) is 25.4 Å². The van der Waals surface area contributed by atoms with Crippen molar-refractivity contribution in [3.63, 3.8) is 0 Å². The number of carbonyl (C=O) groups excluding carboxylic acids is 2. The van der Waals surface area contributed by atoms with Crippen LogP contribution in [0.3, 0.4) is 0 Å². The van der Waals surface area contributed by atoms with Crippen LogP contribution in [0.4, 0.5) is 0 Å². The van der Waals surface area contributed by atoms with E-state index < -0.39 is 12.1 Å². The second-order valence-electron chi connectivity index (χ2n) is 20.3.